The van der Waals surface area contributed by atoms with Crippen LogP contribution in [0.1, 0.15) is 11.1 Å². The van der Waals surface area contributed by atoms with Gasteiger partial charge in [0.15, 0.2) is 5.22 Å². The second-order valence-electron chi connectivity index (χ2n) is 4.66. The smallest absolute Gasteiger partial charge is 0.199 e. The molecular weight excluding hydrogens is 277 g/mol. The summed E-state index contributed by atoms with van der Waals surface area (Å²) in [6.07, 6.45) is 0. The molecule has 0 bridgehead atoms. The Morgan fingerprint density at radius 2 is 2.00 bits per heavy atom. The van der Waals surface area contributed by atoms with Crippen molar-refractivity contribution in [2.45, 2.75) is 13.5 Å². The summed E-state index contributed by atoms with van der Waals surface area (Å²) in [7, 11) is 0. The van der Waals surface area contributed by atoms with E-state index in [1.807, 2.05) is 31.2 Å². The standard InChI is InChI=1S/C16H13ClFNO/c1-10-8-11(18)6-7-14(10)19-9-13-12-4-2-3-5-15(12)20-16(13)17/h2-8,19H,9H2,1H3. The van der Waals surface area contributed by atoms with Crippen LogP contribution in [0, 0.1) is 12.7 Å². The Labute approximate surface area is 121 Å². The molecule has 0 unspecified atom stereocenters. The number of nitrogens with one attached hydrogen (secondary N) is 1. The van der Waals surface area contributed by atoms with Crippen LogP contribution in [0.25, 0.3) is 11.0 Å². The lowest BCUT2D eigenvalue weighted by molar-refractivity contribution is 0.613. The van der Waals surface area contributed by atoms with Gasteiger partial charge in [0.25, 0.3) is 0 Å². The van der Waals surface area contributed by atoms with Crippen LogP contribution in [0.5, 0.6) is 0 Å². The summed E-state index contributed by atoms with van der Waals surface area (Å²) in [5.41, 5.74) is 3.41. The minimum atomic E-state index is -0.236. The van der Waals surface area contributed by atoms with Gasteiger partial charge in [0.2, 0.25) is 0 Å². The highest BCUT2D eigenvalue weighted by Crippen LogP contribution is 2.30. The summed E-state index contributed by atoms with van der Waals surface area (Å²) < 4.78 is 18.6. The first-order valence-corrected chi connectivity index (χ1v) is 6.69. The number of furan rings is 1. The zero-order chi connectivity index (χ0) is 14.1. The van der Waals surface area contributed by atoms with Gasteiger partial charge in [-0.05, 0) is 48.4 Å². The number of para-hydroxylation sites is 1. The quantitative estimate of drug-likeness (QED) is 0.721. The normalized spacial score (nSPS) is 10.9. The average Bonchev–Trinajstić information content (AvgIpc) is 2.74. The van der Waals surface area contributed by atoms with Crippen molar-refractivity contribution in [3.05, 3.63) is 64.6 Å². The number of fused-ring (bicyclic) bond motifs is 1. The number of hydrogen-bond donors (Lipinski definition) is 1. The van der Waals surface area contributed by atoms with E-state index in [1.165, 1.54) is 12.1 Å². The highest BCUT2D eigenvalue weighted by Gasteiger charge is 2.12. The monoisotopic (exact) mass is 289 g/mol. The van der Waals surface area contributed by atoms with Crippen molar-refractivity contribution < 1.29 is 8.81 Å². The fourth-order valence-electron chi connectivity index (χ4n) is 2.24. The molecule has 2 aromatic carbocycles. The van der Waals surface area contributed by atoms with Crippen molar-refractivity contribution in [2.75, 3.05) is 5.32 Å². The van der Waals surface area contributed by atoms with E-state index in [0.717, 1.165) is 27.8 Å². The van der Waals surface area contributed by atoms with Crippen LogP contribution < -0.4 is 5.32 Å². The van der Waals surface area contributed by atoms with Gasteiger partial charge >= 0.3 is 0 Å². The van der Waals surface area contributed by atoms with E-state index in [-0.39, 0.29) is 5.82 Å². The van der Waals surface area contributed by atoms with E-state index in [1.54, 1.807) is 6.07 Å². The van der Waals surface area contributed by atoms with Crippen LogP contribution in [0.3, 0.4) is 0 Å². The van der Waals surface area contributed by atoms with Gasteiger partial charge in [0.1, 0.15) is 11.4 Å². The van der Waals surface area contributed by atoms with E-state index in [9.17, 15) is 4.39 Å². The van der Waals surface area contributed by atoms with E-state index in [0.29, 0.717) is 11.8 Å². The molecule has 0 saturated heterocycles. The van der Waals surface area contributed by atoms with Crippen LogP contribution in [-0.4, -0.2) is 0 Å². The minimum Gasteiger partial charge on any atom is -0.444 e. The summed E-state index contributed by atoms with van der Waals surface area (Å²) in [4.78, 5) is 0. The van der Waals surface area contributed by atoms with Crippen molar-refractivity contribution in [1.82, 2.24) is 0 Å². The van der Waals surface area contributed by atoms with Gasteiger partial charge in [0, 0.05) is 23.2 Å². The lowest BCUT2D eigenvalue weighted by atomic mass is 10.1. The van der Waals surface area contributed by atoms with Gasteiger partial charge < -0.3 is 9.73 Å². The van der Waals surface area contributed by atoms with E-state index in [2.05, 4.69) is 5.32 Å². The summed E-state index contributed by atoms with van der Waals surface area (Å²) in [6, 6.07) is 12.4. The molecule has 102 valence electrons. The third-order valence-corrected chi connectivity index (χ3v) is 3.60. The van der Waals surface area contributed by atoms with Crippen LogP contribution in [-0.2, 0) is 6.54 Å². The third-order valence-electron chi connectivity index (χ3n) is 3.29. The second kappa shape index (κ2) is 5.17. The van der Waals surface area contributed by atoms with Crippen LogP contribution in [0.2, 0.25) is 5.22 Å². The molecule has 0 radical (unpaired) electrons. The molecule has 0 spiro atoms. The predicted molar refractivity (Wildman–Crippen MR) is 79.7 cm³/mol. The molecule has 2 nitrogen and oxygen atoms in total. The molecule has 0 aliphatic heterocycles. The zero-order valence-corrected chi connectivity index (χ0v) is 11.7. The molecule has 0 aliphatic carbocycles. The Balaban J connectivity index is 1.88. The zero-order valence-electron chi connectivity index (χ0n) is 10.9. The summed E-state index contributed by atoms with van der Waals surface area (Å²) in [6.45, 7) is 2.39. The Bertz CT molecular complexity index is 766. The molecule has 0 atom stereocenters. The summed E-state index contributed by atoms with van der Waals surface area (Å²) in [5, 5.41) is 4.64. The number of halogens is 2. The molecule has 0 fully saturated rings. The molecule has 1 aromatic heterocycles. The Hall–Kier alpha value is -2.00. The van der Waals surface area contributed by atoms with Gasteiger partial charge in [-0.15, -0.1) is 0 Å². The number of benzene rings is 2. The van der Waals surface area contributed by atoms with Crippen molar-refractivity contribution in [2.24, 2.45) is 0 Å². The number of rotatable bonds is 3. The maximum absolute atomic E-state index is 13.1. The van der Waals surface area contributed by atoms with E-state index >= 15 is 0 Å². The molecule has 4 heteroatoms. The van der Waals surface area contributed by atoms with Gasteiger partial charge in [-0.25, -0.2) is 4.39 Å². The maximum atomic E-state index is 13.1. The number of hydrogen-bond acceptors (Lipinski definition) is 2. The summed E-state index contributed by atoms with van der Waals surface area (Å²) in [5.74, 6) is -0.236. The van der Waals surface area contributed by atoms with Crippen LogP contribution >= 0.6 is 11.6 Å². The maximum Gasteiger partial charge on any atom is 0.199 e. The second-order valence-corrected chi connectivity index (χ2v) is 5.01. The first-order valence-electron chi connectivity index (χ1n) is 6.31. The van der Waals surface area contributed by atoms with Gasteiger partial charge in [0.05, 0.1) is 0 Å². The Morgan fingerprint density at radius 1 is 1.20 bits per heavy atom. The van der Waals surface area contributed by atoms with E-state index < -0.39 is 0 Å². The topological polar surface area (TPSA) is 25.2 Å². The average molecular weight is 290 g/mol. The minimum absolute atomic E-state index is 0.236. The van der Waals surface area contributed by atoms with Gasteiger partial charge in [-0.1, -0.05) is 18.2 Å². The molecule has 0 saturated carbocycles. The van der Waals surface area contributed by atoms with Crippen molar-refractivity contribution in [3.8, 4) is 0 Å². The van der Waals surface area contributed by atoms with Gasteiger partial charge in [-0.3, -0.25) is 0 Å². The van der Waals surface area contributed by atoms with Gasteiger partial charge in [-0.2, -0.15) is 0 Å². The molecule has 3 aromatic rings. The Kier molecular flexibility index (Phi) is 3.36. The first-order chi connectivity index (χ1) is 9.65. The molecule has 1 N–H and O–H groups in total. The lowest BCUT2D eigenvalue weighted by Gasteiger charge is -2.09. The predicted octanol–water partition coefficient (Wildman–Crippen LogP) is 5.15. The van der Waals surface area contributed by atoms with Crippen molar-refractivity contribution in [1.29, 1.82) is 0 Å². The fraction of sp³-hybridized carbons (Fsp3) is 0.125. The highest BCUT2D eigenvalue weighted by atomic mass is 35.5. The SMILES string of the molecule is Cc1cc(F)ccc1NCc1c(Cl)oc2ccccc12. The van der Waals surface area contributed by atoms with Crippen LogP contribution in [0.4, 0.5) is 10.1 Å². The third kappa shape index (κ3) is 2.37. The lowest BCUT2D eigenvalue weighted by Crippen LogP contribution is -2.01. The highest BCUT2D eigenvalue weighted by molar-refractivity contribution is 6.30. The molecule has 20 heavy (non-hydrogen) atoms. The molecule has 3 rings (SSSR count). The fourth-order valence-corrected chi connectivity index (χ4v) is 2.49. The van der Waals surface area contributed by atoms with Crippen LogP contribution in [0.15, 0.2) is 46.9 Å². The van der Waals surface area contributed by atoms with Crippen molar-refractivity contribution >= 4 is 28.3 Å². The summed E-state index contributed by atoms with van der Waals surface area (Å²) >= 11 is 6.13. The van der Waals surface area contributed by atoms with E-state index in [4.69, 9.17) is 16.0 Å². The Morgan fingerprint density at radius 3 is 2.80 bits per heavy atom. The van der Waals surface area contributed by atoms with Crippen molar-refractivity contribution in [3.63, 3.8) is 0 Å². The molecular formula is C16H13ClFNO. The first kappa shape index (κ1) is 13.0. The molecule has 0 amide bonds. The molecule has 0 aliphatic rings. The number of aryl methyl sites for hydroxylation is 1. The number of anilines is 1. The molecule has 1 heterocycles. The largest absolute Gasteiger partial charge is 0.444 e.